The highest BCUT2D eigenvalue weighted by Crippen LogP contribution is 2.18. The molecule has 3 nitrogen and oxygen atoms in total. The molecule has 0 amide bonds. The van der Waals surface area contributed by atoms with E-state index < -0.39 is 0 Å². The number of rotatable bonds is 4. The van der Waals surface area contributed by atoms with Crippen LogP contribution in [0.5, 0.6) is 0 Å². The summed E-state index contributed by atoms with van der Waals surface area (Å²) in [7, 11) is 1.90. The van der Waals surface area contributed by atoms with Gasteiger partial charge in [-0.3, -0.25) is 0 Å². The van der Waals surface area contributed by atoms with Gasteiger partial charge in [0.05, 0.1) is 5.02 Å². The highest BCUT2D eigenvalue weighted by molar-refractivity contribution is 6.31. The Balaban J connectivity index is 2.83. The first-order valence-electron chi connectivity index (χ1n) is 4.69. The van der Waals surface area contributed by atoms with Gasteiger partial charge in [-0.1, -0.05) is 11.6 Å². The van der Waals surface area contributed by atoms with E-state index >= 15 is 0 Å². The smallest absolute Gasteiger partial charge is 0.126 e. The maximum Gasteiger partial charge on any atom is 0.126 e. The van der Waals surface area contributed by atoms with E-state index in [0.717, 1.165) is 17.9 Å². The number of anilines is 1. The van der Waals surface area contributed by atoms with Crippen molar-refractivity contribution in [2.24, 2.45) is 0 Å². The normalized spacial score (nSPS) is 10.6. The van der Waals surface area contributed by atoms with Gasteiger partial charge in [-0.2, -0.15) is 0 Å². The lowest BCUT2D eigenvalue weighted by Crippen LogP contribution is -2.12. The fraction of sp³-hybridized carbons (Fsp3) is 0.500. The van der Waals surface area contributed by atoms with Crippen LogP contribution in [0.4, 0.5) is 5.82 Å². The van der Waals surface area contributed by atoms with E-state index in [2.05, 4.69) is 29.5 Å². The molecule has 0 radical (unpaired) electrons. The largest absolute Gasteiger partial charge is 0.368 e. The van der Waals surface area contributed by atoms with Crippen LogP contribution < -0.4 is 10.6 Å². The predicted octanol–water partition coefficient (Wildman–Crippen LogP) is 2.27. The van der Waals surface area contributed by atoms with E-state index in [1.165, 1.54) is 0 Å². The fourth-order valence-corrected chi connectivity index (χ4v) is 1.35. The van der Waals surface area contributed by atoms with Crippen molar-refractivity contribution in [3.63, 3.8) is 0 Å². The Morgan fingerprint density at radius 2 is 2.21 bits per heavy atom. The van der Waals surface area contributed by atoms with Crippen molar-refractivity contribution in [1.29, 1.82) is 0 Å². The van der Waals surface area contributed by atoms with Gasteiger partial charge >= 0.3 is 0 Å². The van der Waals surface area contributed by atoms with Gasteiger partial charge in [0.1, 0.15) is 5.82 Å². The van der Waals surface area contributed by atoms with Crippen molar-refractivity contribution in [3.05, 3.63) is 22.8 Å². The molecule has 0 aliphatic rings. The SMILES string of the molecule is CNCc1cc(NC(C)C)ncc1Cl. The topological polar surface area (TPSA) is 37.0 Å². The summed E-state index contributed by atoms with van der Waals surface area (Å²) in [5, 5.41) is 7.00. The van der Waals surface area contributed by atoms with Crippen LogP contribution >= 0.6 is 11.6 Å². The first-order valence-corrected chi connectivity index (χ1v) is 5.07. The molecular formula is C10H16ClN3. The first kappa shape index (κ1) is 11.3. The number of nitrogens with zero attached hydrogens (tertiary/aromatic N) is 1. The van der Waals surface area contributed by atoms with Crippen LogP contribution in [0, 0.1) is 0 Å². The Hall–Kier alpha value is -0.800. The summed E-state index contributed by atoms with van der Waals surface area (Å²) in [4.78, 5) is 4.19. The van der Waals surface area contributed by atoms with E-state index in [0.29, 0.717) is 11.1 Å². The lowest BCUT2D eigenvalue weighted by atomic mass is 10.2. The summed E-state index contributed by atoms with van der Waals surface area (Å²) in [5.74, 6) is 0.870. The second-order valence-electron chi connectivity index (χ2n) is 3.49. The number of hydrogen-bond acceptors (Lipinski definition) is 3. The molecule has 0 fully saturated rings. The molecule has 0 spiro atoms. The third-order valence-corrected chi connectivity index (χ3v) is 2.08. The van der Waals surface area contributed by atoms with Crippen LogP contribution in [0.2, 0.25) is 5.02 Å². The molecule has 0 atom stereocenters. The van der Waals surface area contributed by atoms with Gasteiger partial charge in [0.15, 0.2) is 0 Å². The van der Waals surface area contributed by atoms with Crippen LogP contribution in [0.15, 0.2) is 12.3 Å². The zero-order valence-electron chi connectivity index (χ0n) is 8.76. The van der Waals surface area contributed by atoms with E-state index in [9.17, 15) is 0 Å². The molecule has 78 valence electrons. The van der Waals surface area contributed by atoms with Gasteiger partial charge in [-0.05, 0) is 32.5 Å². The third-order valence-electron chi connectivity index (χ3n) is 1.74. The summed E-state index contributed by atoms with van der Waals surface area (Å²) in [6.45, 7) is 4.91. The van der Waals surface area contributed by atoms with Crippen LogP contribution in [0.3, 0.4) is 0 Å². The minimum atomic E-state index is 0.381. The predicted molar refractivity (Wildman–Crippen MR) is 60.8 cm³/mol. The molecule has 0 aliphatic heterocycles. The number of pyridine rings is 1. The van der Waals surface area contributed by atoms with Gasteiger partial charge in [-0.15, -0.1) is 0 Å². The molecule has 1 heterocycles. The molecule has 0 saturated carbocycles. The molecule has 1 aromatic heterocycles. The molecular weight excluding hydrogens is 198 g/mol. The number of nitrogens with one attached hydrogen (secondary N) is 2. The van der Waals surface area contributed by atoms with E-state index in [1.807, 2.05) is 13.1 Å². The summed E-state index contributed by atoms with van der Waals surface area (Å²) < 4.78 is 0. The van der Waals surface area contributed by atoms with E-state index in [4.69, 9.17) is 11.6 Å². The minimum absolute atomic E-state index is 0.381. The van der Waals surface area contributed by atoms with Crippen molar-refractivity contribution in [2.75, 3.05) is 12.4 Å². The van der Waals surface area contributed by atoms with Crippen LogP contribution in [0.1, 0.15) is 19.4 Å². The van der Waals surface area contributed by atoms with Gasteiger partial charge in [0.2, 0.25) is 0 Å². The molecule has 0 aromatic carbocycles. The van der Waals surface area contributed by atoms with Gasteiger partial charge < -0.3 is 10.6 Å². The highest BCUT2D eigenvalue weighted by Gasteiger charge is 2.03. The highest BCUT2D eigenvalue weighted by atomic mass is 35.5. The lowest BCUT2D eigenvalue weighted by molar-refractivity contribution is 0.814. The second-order valence-corrected chi connectivity index (χ2v) is 3.90. The monoisotopic (exact) mass is 213 g/mol. The fourth-order valence-electron chi connectivity index (χ4n) is 1.18. The van der Waals surface area contributed by atoms with Gasteiger partial charge in [0.25, 0.3) is 0 Å². The molecule has 4 heteroatoms. The Kier molecular flexibility index (Phi) is 4.17. The Morgan fingerprint density at radius 3 is 2.79 bits per heavy atom. The molecule has 0 saturated heterocycles. The van der Waals surface area contributed by atoms with Crippen molar-refractivity contribution in [2.45, 2.75) is 26.4 Å². The van der Waals surface area contributed by atoms with Crippen LogP contribution in [-0.2, 0) is 6.54 Å². The molecule has 2 N–H and O–H groups in total. The molecule has 1 aromatic rings. The maximum atomic E-state index is 5.98. The molecule has 0 unspecified atom stereocenters. The van der Waals surface area contributed by atoms with Crippen LogP contribution in [0.25, 0.3) is 0 Å². The molecule has 14 heavy (non-hydrogen) atoms. The Bertz CT molecular complexity index is 299. The summed E-state index contributed by atoms with van der Waals surface area (Å²) >= 11 is 5.98. The van der Waals surface area contributed by atoms with Crippen molar-refractivity contribution in [3.8, 4) is 0 Å². The summed E-state index contributed by atoms with van der Waals surface area (Å²) in [5.41, 5.74) is 1.06. The van der Waals surface area contributed by atoms with Crippen molar-refractivity contribution >= 4 is 17.4 Å². The quantitative estimate of drug-likeness (QED) is 0.806. The zero-order chi connectivity index (χ0) is 10.6. The lowest BCUT2D eigenvalue weighted by Gasteiger charge is -2.11. The average molecular weight is 214 g/mol. The third kappa shape index (κ3) is 3.16. The molecule has 0 bridgehead atoms. The van der Waals surface area contributed by atoms with E-state index in [1.54, 1.807) is 6.20 Å². The number of halogens is 1. The summed E-state index contributed by atoms with van der Waals surface area (Å²) in [6.07, 6.45) is 1.68. The van der Waals surface area contributed by atoms with E-state index in [-0.39, 0.29) is 0 Å². The number of aromatic nitrogens is 1. The Morgan fingerprint density at radius 1 is 1.50 bits per heavy atom. The number of hydrogen-bond donors (Lipinski definition) is 2. The maximum absolute atomic E-state index is 5.98. The van der Waals surface area contributed by atoms with Gasteiger partial charge in [-0.25, -0.2) is 4.98 Å². The van der Waals surface area contributed by atoms with Gasteiger partial charge in [0, 0.05) is 18.8 Å². The van der Waals surface area contributed by atoms with Crippen LogP contribution in [-0.4, -0.2) is 18.1 Å². The first-order chi connectivity index (χ1) is 6.63. The minimum Gasteiger partial charge on any atom is -0.368 e. The standard InChI is InChI=1S/C10H16ClN3/c1-7(2)14-10-4-8(5-12-3)9(11)6-13-10/h4,6-7,12H,5H2,1-3H3,(H,13,14). The Labute approximate surface area is 89.9 Å². The zero-order valence-corrected chi connectivity index (χ0v) is 9.52. The molecule has 1 rings (SSSR count). The van der Waals surface area contributed by atoms with Crippen molar-refractivity contribution in [1.82, 2.24) is 10.3 Å². The second kappa shape index (κ2) is 5.17. The average Bonchev–Trinajstić information content (AvgIpc) is 2.10. The summed E-state index contributed by atoms with van der Waals surface area (Å²) in [6, 6.07) is 2.35. The van der Waals surface area contributed by atoms with Crippen molar-refractivity contribution < 1.29 is 0 Å². The molecule has 0 aliphatic carbocycles.